The molecule has 0 bridgehead atoms. The van der Waals surface area contributed by atoms with Crippen LogP contribution in [0.15, 0.2) is 4.73 Å². The summed E-state index contributed by atoms with van der Waals surface area (Å²) in [4.78, 5) is 0. The van der Waals surface area contributed by atoms with Crippen LogP contribution >= 0.6 is 15.9 Å². The van der Waals surface area contributed by atoms with Crippen LogP contribution in [0, 0.1) is 0 Å². The lowest BCUT2D eigenvalue weighted by Crippen LogP contribution is -2.13. The summed E-state index contributed by atoms with van der Waals surface area (Å²) in [5.74, 6) is 0.461. The Balaban J connectivity index is 2.46. The summed E-state index contributed by atoms with van der Waals surface area (Å²) in [7, 11) is 0. The standard InChI is InChI=1S/C6H7BrFN3/c7-6-10-9-5-4(8)2-1-3-11(5)6/h4H,1-3H2. The van der Waals surface area contributed by atoms with Crippen LogP contribution in [0.3, 0.4) is 0 Å². The fourth-order valence-electron chi connectivity index (χ4n) is 1.29. The SMILES string of the molecule is FC1CCCn2c(Br)nnc21. The van der Waals surface area contributed by atoms with Crippen LogP contribution < -0.4 is 0 Å². The van der Waals surface area contributed by atoms with Crippen molar-refractivity contribution >= 4 is 15.9 Å². The molecule has 0 aromatic carbocycles. The van der Waals surface area contributed by atoms with E-state index in [0.29, 0.717) is 17.0 Å². The van der Waals surface area contributed by atoms with E-state index in [1.54, 1.807) is 4.57 Å². The molecule has 11 heavy (non-hydrogen) atoms. The van der Waals surface area contributed by atoms with Gasteiger partial charge in [0, 0.05) is 6.54 Å². The van der Waals surface area contributed by atoms with Gasteiger partial charge in [0.05, 0.1) is 0 Å². The first kappa shape index (κ1) is 7.21. The van der Waals surface area contributed by atoms with Crippen LogP contribution in [0.4, 0.5) is 4.39 Å². The van der Waals surface area contributed by atoms with Gasteiger partial charge in [0.1, 0.15) is 0 Å². The van der Waals surface area contributed by atoms with Gasteiger partial charge in [-0.15, -0.1) is 10.2 Å². The Morgan fingerprint density at radius 2 is 2.36 bits per heavy atom. The van der Waals surface area contributed by atoms with Gasteiger partial charge in [-0.3, -0.25) is 0 Å². The van der Waals surface area contributed by atoms with Crippen molar-refractivity contribution in [3.05, 3.63) is 10.6 Å². The molecule has 0 saturated heterocycles. The van der Waals surface area contributed by atoms with E-state index in [2.05, 4.69) is 26.1 Å². The van der Waals surface area contributed by atoms with E-state index in [9.17, 15) is 4.39 Å². The number of hydrogen-bond acceptors (Lipinski definition) is 2. The zero-order valence-electron chi connectivity index (χ0n) is 5.80. The highest BCUT2D eigenvalue weighted by molar-refractivity contribution is 9.10. The molecule has 1 atom stereocenters. The molecule has 0 aliphatic carbocycles. The molecule has 0 amide bonds. The average Bonchev–Trinajstić information content (AvgIpc) is 2.35. The monoisotopic (exact) mass is 219 g/mol. The maximum atomic E-state index is 13.0. The Hall–Kier alpha value is -0.450. The lowest BCUT2D eigenvalue weighted by Gasteiger charge is -2.16. The van der Waals surface area contributed by atoms with E-state index in [-0.39, 0.29) is 0 Å². The topological polar surface area (TPSA) is 30.7 Å². The van der Waals surface area contributed by atoms with Crippen LogP contribution in [0.5, 0.6) is 0 Å². The minimum Gasteiger partial charge on any atom is -0.303 e. The minimum absolute atomic E-state index is 0.461. The van der Waals surface area contributed by atoms with Crippen LogP contribution in [0.25, 0.3) is 0 Å². The van der Waals surface area contributed by atoms with Gasteiger partial charge < -0.3 is 4.57 Å². The summed E-state index contributed by atoms with van der Waals surface area (Å²) >= 11 is 3.20. The third-order valence-corrected chi connectivity index (χ3v) is 2.44. The van der Waals surface area contributed by atoms with Gasteiger partial charge >= 0.3 is 0 Å². The van der Waals surface area contributed by atoms with E-state index >= 15 is 0 Å². The molecule has 1 aromatic heterocycles. The molecule has 2 rings (SSSR count). The van der Waals surface area contributed by atoms with Crippen LogP contribution in [0.2, 0.25) is 0 Å². The molecule has 0 saturated carbocycles. The van der Waals surface area contributed by atoms with Gasteiger partial charge in [0.25, 0.3) is 0 Å². The molecule has 5 heteroatoms. The Kier molecular flexibility index (Phi) is 1.67. The molecule has 0 spiro atoms. The molecule has 60 valence electrons. The van der Waals surface area contributed by atoms with Gasteiger partial charge in [0.2, 0.25) is 0 Å². The molecule has 3 nitrogen and oxygen atoms in total. The van der Waals surface area contributed by atoms with Crippen molar-refractivity contribution in [1.82, 2.24) is 14.8 Å². The number of aromatic nitrogens is 3. The quantitative estimate of drug-likeness (QED) is 0.667. The normalized spacial score (nSPS) is 23.3. The Morgan fingerprint density at radius 1 is 1.55 bits per heavy atom. The largest absolute Gasteiger partial charge is 0.303 e. The molecule has 1 unspecified atom stereocenters. The lowest BCUT2D eigenvalue weighted by atomic mass is 10.1. The van der Waals surface area contributed by atoms with Crippen LogP contribution in [0.1, 0.15) is 24.8 Å². The van der Waals surface area contributed by atoms with Crippen LogP contribution in [-0.4, -0.2) is 14.8 Å². The second kappa shape index (κ2) is 2.55. The van der Waals surface area contributed by atoms with Crippen LogP contribution in [-0.2, 0) is 6.54 Å². The smallest absolute Gasteiger partial charge is 0.200 e. The molecular weight excluding hydrogens is 213 g/mol. The second-order valence-electron chi connectivity index (χ2n) is 2.59. The first-order valence-corrected chi connectivity index (χ1v) is 4.31. The third kappa shape index (κ3) is 1.07. The lowest BCUT2D eigenvalue weighted by molar-refractivity contribution is 0.259. The Labute approximate surface area is 71.7 Å². The van der Waals surface area contributed by atoms with Crippen molar-refractivity contribution in [3.63, 3.8) is 0 Å². The summed E-state index contributed by atoms with van der Waals surface area (Å²) in [6.07, 6.45) is 0.512. The highest BCUT2D eigenvalue weighted by Crippen LogP contribution is 2.28. The Bertz CT molecular complexity index is 273. The number of alkyl halides is 1. The molecular formula is C6H7BrFN3. The number of halogens is 2. The predicted octanol–water partition coefficient (Wildman–Crippen LogP) is 1.84. The minimum atomic E-state index is -0.928. The van der Waals surface area contributed by atoms with Crippen molar-refractivity contribution in [2.45, 2.75) is 25.6 Å². The van der Waals surface area contributed by atoms with Gasteiger partial charge in [-0.2, -0.15) is 0 Å². The van der Waals surface area contributed by atoms with E-state index in [4.69, 9.17) is 0 Å². The molecule has 0 fully saturated rings. The summed E-state index contributed by atoms with van der Waals surface area (Å²) in [6.45, 7) is 0.823. The molecule has 2 heterocycles. The highest BCUT2D eigenvalue weighted by atomic mass is 79.9. The van der Waals surface area contributed by atoms with Crippen molar-refractivity contribution < 1.29 is 4.39 Å². The molecule has 0 N–H and O–H groups in total. The van der Waals surface area contributed by atoms with Crippen molar-refractivity contribution in [2.24, 2.45) is 0 Å². The summed E-state index contributed by atoms with van der Waals surface area (Å²) in [5.41, 5.74) is 0. The van der Waals surface area contributed by atoms with Gasteiger partial charge in [0.15, 0.2) is 16.7 Å². The average molecular weight is 220 g/mol. The van der Waals surface area contributed by atoms with Crippen molar-refractivity contribution in [3.8, 4) is 0 Å². The van der Waals surface area contributed by atoms with E-state index < -0.39 is 6.17 Å². The number of rotatable bonds is 0. The first-order chi connectivity index (χ1) is 5.29. The fourth-order valence-corrected chi connectivity index (χ4v) is 1.73. The zero-order valence-corrected chi connectivity index (χ0v) is 7.38. The predicted molar refractivity (Wildman–Crippen MR) is 40.8 cm³/mol. The van der Waals surface area contributed by atoms with Crippen molar-refractivity contribution in [2.75, 3.05) is 0 Å². The molecule has 1 aliphatic rings. The van der Waals surface area contributed by atoms with Gasteiger partial charge in [-0.1, -0.05) is 0 Å². The number of fused-ring (bicyclic) bond motifs is 1. The Morgan fingerprint density at radius 3 is 3.09 bits per heavy atom. The number of hydrogen-bond donors (Lipinski definition) is 0. The van der Waals surface area contributed by atoms with Crippen molar-refractivity contribution in [1.29, 1.82) is 0 Å². The van der Waals surface area contributed by atoms with E-state index in [1.807, 2.05) is 0 Å². The maximum Gasteiger partial charge on any atom is 0.200 e. The second-order valence-corrected chi connectivity index (χ2v) is 3.30. The summed E-state index contributed by atoms with van der Waals surface area (Å²) < 4.78 is 15.5. The third-order valence-electron chi connectivity index (χ3n) is 1.85. The van der Waals surface area contributed by atoms with E-state index in [1.165, 1.54) is 0 Å². The maximum absolute atomic E-state index is 13.0. The first-order valence-electron chi connectivity index (χ1n) is 3.51. The molecule has 1 aliphatic heterocycles. The van der Waals surface area contributed by atoms with E-state index in [0.717, 1.165) is 13.0 Å². The zero-order chi connectivity index (χ0) is 7.84. The summed E-state index contributed by atoms with van der Waals surface area (Å²) in [5, 5.41) is 7.47. The highest BCUT2D eigenvalue weighted by Gasteiger charge is 2.23. The summed E-state index contributed by atoms with van der Waals surface area (Å²) in [6, 6.07) is 0. The van der Waals surface area contributed by atoms with Gasteiger partial charge in [-0.05, 0) is 28.8 Å². The number of nitrogens with zero attached hydrogens (tertiary/aromatic N) is 3. The molecule has 1 aromatic rings. The fraction of sp³-hybridized carbons (Fsp3) is 0.667. The molecule has 0 radical (unpaired) electrons. The van der Waals surface area contributed by atoms with Gasteiger partial charge in [-0.25, -0.2) is 4.39 Å².